The van der Waals surface area contributed by atoms with E-state index in [0.717, 1.165) is 5.56 Å². The number of methoxy groups -OCH3 is 2. The number of aliphatic hydroxyl groups is 1. The van der Waals surface area contributed by atoms with Crippen molar-refractivity contribution in [3.63, 3.8) is 0 Å². The van der Waals surface area contributed by atoms with Gasteiger partial charge in [-0.25, -0.2) is 0 Å². The molecular formula is C25H21ClN2O5. The van der Waals surface area contributed by atoms with Gasteiger partial charge in [0.2, 0.25) is 0 Å². The molecule has 168 valence electrons. The second-order valence-corrected chi connectivity index (χ2v) is 7.79. The summed E-state index contributed by atoms with van der Waals surface area (Å²) < 4.78 is 10.5. The number of halogens is 1. The highest BCUT2D eigenvalue weighted by molar-refractivity contribution is 6.46. The van der Waals surface area contributed by atoms with Crippen molar-refractivity contribution in [2.75, 3.05) is 14.2 Å². The summed E-state index contributed by atoms with van der Waals surface area (Å²) in [4.78, 5) is 32.0. The summed E-state index contributed by atoms with van der Waals surface area (Å²) in [6.45, 7) is 0.117. The van der Waals surface area contributed by atoms with Crippen LogP contribution in [0.5, 0.6) is 11.5 Å². The van der Waals surface area contributed by atoms with Crippen LogP contribution in [0.1, 0.15) is 22.9 Å². The summed E-state index contributed by atoms with van der Waals surface area (Å²) in [5.74, 6) is -0.873. The van der Waals surface area contributed by atoms with Crippen molar-refractivity contribution >= 4 is 29.1 Å². The molecule has 1 unspecified atom stereocenters. The van der Waals surface area contributed by atoms with Gasteiger partial charge in [0.1, 0.15) is 23.3 Å². The fourth-order valence-electron chi connectivity index (χ4n) is 3.81. The summed E-state index contributed by atoms with van der Waals surface area (Å²) in [6.07, 6.45) is 1.57. The number of hydrogen-bond donors (Lipinski definition) is 1. The highest BCUT2D eigenvalue weighted by Crippen LogP contribution is 2.41. The van der Waals surface area contributed by atoms with Gasteiger partial charge in [-0.1, -0.05) is 29.8 Å². The maximum atomic E-state index is 13.2. The van der Waals surface area contributed by atoms with Gasteiger partial charge in [-0.05, 0) is 48.0 Å². The van der Waals surface area contributed by atoms with Crippen molar-refractivity contribution < 1.29 is 24.2 Å². The number of Topliss-reactive ketones (excluding diaryl/α,β-unsaturated/α-hetero) is 1. The number of pyridine rings is 1. The smallest absolute Gasteiger partial charge is 0.296 e. The standard InChI is InChI=1S/C25H21ClN2O5/c1-32-16-7-5-6-15(12-16)14-28-22(20-8-3-4-11-27-20)21(24(30)25(28)31)23(29)18-13-17(33-2)9-10-19(18)26/h3-13,22,29H,14H2,1-2H3/b23-21+. The minimum atomic E-state index is -0.903. The first-order valence-electron chi connectivity index (χ1n) is 10.1. The minimum absolute atomic E-state index is 0.0863. The van der Waals surface area contributed by atoms with Crippen molar-refractivity contribution in [1.82, 2.24) is 9.88 Å². The van der Waals surface area contributed by atoms with Gasteiger partial charge in [-0.2, -0.15) is 0 Å². The number of aromatic nitrogens is 1. The number of likely N-dealkylation sites (tertiary alicyclic amines) is 1. The molecular weight excluding hydrogens is 444 g/mol. The van der Waals surface area contributed by atoms with E-state index in [9.17, 15) is 14.7 Å². The van der Waals surface area contributed by atoms with E-state index in [-0.39, 0.29) is 28.5 Å². The predicted octanol–water partition coefficient (Wildman–Crippen LogP) is 4.37. The van der Waals surface area contributed by atoms with Crippen LogP contribution in [0, 0.1) is 0 Å². The second kappa shape index (κ2) is 9.34. The lowest BCUT2D eigenvalue weighted by atomic mass is 9.98. The number of aliphatic hydroxyl groups excluding tert-OH is 1. The van der Waals surface area contributed by atoms with Gasteiger partial charge in [0, 0.05) is 18.3 Å². The molecule has 1 aliphatic heterocycles. The van der Waals surface area contributed by atoms with Crippen molar-refractivity contribution in [2.45, 2.75) is 12.6 Å². The number of carbonyl (C=O) groups is 2. The monoisotopic (exact) mass is 464 g/mol. The predicted molar refractivity (Wildman–Crippen MR) is 123 cm³/mol. The zero-order chi connectivity index (χ0) is 23.5. The molecule has 4 rings (SSSR count). The van der Waals surface area contributed by atoms with Crippen LogP contribution >= 0.6 is 11.6 Å². The SMILES string of the molecule is COc1cccc(CN2C(=O)C(=O)/C(=C(/O)c3cc(OC)ccc3Cl)C2c2ccccn2)c1. The van der Waals surface area contributed by atoms with Crippen LogP contribution < -0.4 is 9.47 Å². The molecule has 2 heterocycles. The van der Waals surface area contributed by atoms with Crippen LogP contribution in [0.15, 0.2) is 72.4 Å². The van der Waals surface area contributed by atoms with Gasteiger partial charge in [0.05, 0.1) is 30.5 Å². The maximum absolute atomic E-state index is 13.2. The molecule has 1 N–H and O–H groups in total. The molecule has 0 saturated carbocycles. The second-order valence-electron chi connectivity index (χ2n) is 7.38. The summed E-state index contributed by atoms with van der Waals surface area (Å²) in [5.41, 5.74) is 1.31. The number of amides is 1. The molecule has 3 aromatic rings. The highest BCUT2D eigenvalue weighted by Gasteiger charge is 2.47. The van der Waals surface area contributed by atoms with Crippen molar-refractivity contribution in [1.29, 1.82) is 0 Å². The average molecular weight is 465 g/mol. The van der Waals surface area contributed by atoms with Crippen molar-refractivity contribution in [2.24, 2.45) is 0 Å². The number of rotatable bonds is 6. The normalized spacial score (nSPS) is 17.3. The zero-order valence-electron chi connectivity index (χ0n) is 18.0. The highest BCUT2D eigenvalue weighted by atomic mass is 35.5. The quantitative estimate of drug-likeness (QED) is 0.331. The molecule has 0 bridgehead atoms. The Balaban J connectivity index is 1.87. The van der Waals surface area contributed by atoms with E-state index in [1.165, 1.54) is 18.1 Å². The van der Waals surface area contributed by atoms with Crippen molar-refractivity contribution in [3.8, 4) is 11.5 Å². The molecule has 1 amide bonds. The van der Waals surface area contributed by atoms with E-state index in [4.69, 9.17) is 21.1 Å². The number of nitrogens with zero attached hydrogens (tertiary/aromatic N) is 2. The van der Waals surface area contributed by atoms with E-state index in [1.54, 1.807) is 61.8 Å². The lowest BCUT2D eigenvalue weighted by Gasteiger charge is -2.24. The Morgan fingerprint density at radius 2 is 1.79 bits per heavy atom. The summed E-state index contributed by atoms with van der Waals surface area (Å²) in [6, 6.07) is 16.2. The van der Waals surface area contributed by atoms with Crippen LogP contribution in [0.3, 0.4) is 0 Å². The van der Waals surface area contributed by atoms with E-state index in [2.05, 4.69) is 4.98 Å². The first-order chi connectivity index (χ1) is 15.9. The largest absolute Gasteiger partial charge is 0.507 e. The number of ether oxygens (including phenoxy) is 2. The molecule has 7 nitrogen and oxygen atoms in total. The van der Waals surface area contributed by atoms with Crippen molar-refractivity contribution in [3.05, 3.63) is 94.3 Å². The topological polar surface area (TPSA) is 89.0 Å². The zero-order valence-corrected chi connectivity index (χ0v) is 18.7. The van der Waals surface area contributed by atoms with Crippen LogP contribution in [-0.4, -0.2) is 40.9 Å². The summed E-state index contributed by atoms with van der Waals surface area (Å²) in [5, 5.41) is 11.4. The molecule has 0 aliphatic carbocycles. The van der Waals surface area contributed by atoms with Gasteiger partial charge in [0.15, 0.2) is 0 Å². The first-order valence-corrected chi connectivity index (χ1v) is 10.5. The molecule has 8 heteroatoms. The molecule has 1 aliphatic rings. The Labute approximate surface area is 195 Å². The van der Waals surface area contributed by atoms with Crippen LogP contribution in [-0.2, 0) is 16.1 Å². The minimum Gasteiger partial charge on any atom is -0.507 e. The van der Waals surface area contributed by atoms with E-state index in [1.807, 2.05) is 6.07 Å². The number of carbonyl (C=O) groups excluding carboxylic acids is 2. The molecule has 2 aromatic carbocycles. The van der Waals surface area contributed by atoms with Gasteiger partial charge in [-0.15, -0.1) is 0 Å². The summed E-state index contributed by atoms with van der Waals surface area (Å²) >= 11 is 6.31. The average Bonchev–Trinajstić information content (AvgIpc) is 3.09. The molecule has 0 spiro atoms. The van der Waals surface area contributed by atoms with Crippen LogP contribution in [0.25, 0.3) is 5.76 Å². The van der Waals surface area contributed by atoms with Gasteiger partial charge in [-0.3, -0.25) is 14.6 Å². The Bertz CT molecular complexity index is 1240. The van der Waals surface area contributed by atoms with Crippen LogP contribution in [0.2, 0.25) is 5.02 Å². The first kappa shape index (κ1) is 22.4. The lowest BCUT2D eigenvalue weighted by molar-refractivity contribution is -0.140. The molecule has 1 atom stereocenters. The molecule has 1 fully saturated rings. The Hall–Kier alpha value is -3.84. The van der Waals surface area contributed by atoms with E-state index in [0.29, 0.717) is 17.2 Å². The maximum Gasteiger partial charge on any atom is 0.296 e. The van der Waals surface area contributed by atoms with Gasteiger partial charge >= 0.3 is 0 Å². The van der Waals surface area contributed by atoms with Crippen LogP contribution in [0.4, 0.5) is 0 Å². The van der Waals surface area contributed by atoms with E-state index >= 15 is 0 Å². The third-order valence-corrected chi connectivity index (χ3v) is 5.75. The van der Waals surface area contributed by atoms with E-state index < -0.39 is 17.7 Å². The van der Waals surface area contributed by atoms with Gasteiger partial charge in [0.25, 0.3) is 11.7 Å². The molecule has 0 radical (unpaired) electrons. The Morgan fingerprint density at radius 3 is 2.48 bits per heavy atom. The Morgan fingerprint density at radius 1 is 1.03 bits per heavy atom. The molecule has 1 aromatic heterocycles. The summed E-state index contributed by atoms with van der Waals surface area (Å²) in [7, 11) is 3.03. The Kier molecular flexibility index (Phi) is 6.33. The number of ketones is 1. The third-order valence-electron chi connectivity index (χ3n) is 5.42. The molecule has 1 saturated heterocycles. The number of hydrogen-bond acceptors (Lipinski definition) is 6. The fraction of sp³-hybridized carbons (Fsp3) is 0.160. The van der Waals surface area contributed by atoms with Gasteiger partial charge < -0.3 is 19.5 Å². The molecule has 33 heavy (non-hydrogen) atoms. The fourth-order valence-corrected chi connectivity index (χ4v) is 4.02. The third kappa shape index (κ3) is 4.27. The lowest BCUT2D eigenvalue weighted by Crippen LogP contribution is -2.29. The number of benzene rings is 2.